The number of rotatable bonds is 2. The molecule has 0 amide bonds. The highest BCUT2D eigenvalue weighted by Gasteiger charge is 2.44. The van der Waals surface area contributed by atoms with E-state index in [4.69, 9.17) is 18.9 Å². The van der Waals surface area contributed by atoms with E-state index in [0.29, 0.717) is 0 Å². The fourth-order valence-electron chi connectivity index (χ4n) is 9.16. The lowest BCUT2D eigenvalue weighted by molar-refractivity contribution is 0.288. The Morgan fingerprint density at radius 2 is 0.857 bits per heavy atom. The molecule has 6 nitrogen and oxygen atoms in total. The SMILES string of the molecule is c1cc2c3c(c1)N(c1ccc4c(c1)CCCO4)c1cc4c(cc1B3c1cc3c(cc1N2c1ccc2c(c1)CCCO2)OCCC3)CCCO4. The molecule has 0 aromatic heterocycles. The van der Waals surface area contributed by atoms with Crippen LogP contribution in [-0.2, 0) is 25.7 Å². The summed E-state index contributed by atoms with van der Waals surface area (Å²) >= 11 is 0. The van der Waals surface area contributed by atoms with Crippen molar-refractivity contribution in [2.45, 2.75) is 51.4 Å². The first kappa shape index (κ1) is 27.9. The summed E-state index contributed by atoms with van der Waals surface area (Å²) < 4.78 is 24.8. The van der Waals surface area contributed by atoms with Crippen molar-refractivity contribution in [1.29, 1.82) is 0 Å². The first-order valence-corrected chi connectivity index (χ1v) is 18.1. The van der Waals surface area contributed by atoms with Gasteiger partial charge >= 0.3 is 0 Å². The van der Waals surface area contributed by atoms with Gasteiger partial charge in [0.1, 0.15) is 23.0 Å². The van der Waals surface area contributed by atoms with E-state index < -0.39 is 0 Å². The predicted octanol–water partition coefficient (Wildman–Crippen LogP) is 7.07. The Morgan fingerprint density at radius 1 is 0.429 bits per heavy atom. The van der Waals surface area contributed by atoms with Crippen LogP contribution in [0.4, 0.5) is 34.1 Å². The van der Waals surface area contributed by atoms with Gasteiger partial charge in [0.05, 0.1) is 26.4 Å². The minimum absolute atomic E-state index is 0.0741. The van der Waals surface area contributed by atoms with E-state index in [1.165, 1.54) is 61.4 Å². The van der Waals surface area contributed by atoms with E-state index in [1.807, 2.05) is 0 Å². The normalized spacial score (nSPS) is 17.8. The van der Waals surface area contributed by atoms with Crippen molar-refractivity contribution in [3.8, 4) is 23.0 Å². The third-order valence-corrected chi connectivity index (χ3v) is 11.4. The summed E-state index contributed by atoms with van der Waals surface area (Å²) in [5.41, 5.74) is 16.4. The summed E-state index contributed by atoms with van der Waals surface area (Å²) in [7, 11) is 0. The molecule has 6 aliphatic rings. The summed E-state index contributed by atoms with van der Waals surface area (Å²) in [6.45, 7) is 3.18. The Bertz CT molecular complexity index is 2050. The number of hydrogen-bond donors (Lipinski definition) is 0. The fourth-order valence-corrected chi connectivity index (χ4v) is 9.16. The fraction of sp³-hybridized carbons (Fsp3) is 0.286. The summed E-state index contributed by atoms with van der Waals surface area (Å²) in [6, 6.07) is 30.0. The van der Waals surface area contributed by atoms with Gasteiger partial charge in [-0.05, 0) is 139 Å². The lowest BCUT2D eigenvalue weighted by atomic mass is 9.33. The molecule has 0 N–H and O–H groups in total. The number of benzene rings is 5. The molecule has 5 aromatic carbocycles. The molecule has 0 atom stereocenters. The van der Waals surface area contributed by atoms with Crippen molar-refractivity contribution in [2.24, 2.45) is 0 Å². The topological polar surface area (TPSA) is 43.4 Å². The van der Waals surface area contributed by atoms with Gasteiger partial charge in [-0.3, -0.25) is 0 Å². The molecular formula is C42H37BN2O4. The average Bonchev–Trinajstić information content (AvgIpc) is 3.16. The third kappa shape index (κ3) is 4.20. The number of fused-ring (bicyclic) bond motifs is 8. The molecule has 11 rings (SSSR count). The Labute approximate surface area is 287 Å². The van der Waals surface area contributed by atoms with Gasteiger partial charge in [0.2, 0.25) is 0 Å². The van der Waals surface area contributed by atoms with Crippen LogP contribution in [0.5, 0.6) is 23.0 Å². The Balaban J connectivity index is 1.20. The van der Waals surface area contributed by atoms with Gasteiger partial charge in [0, 0.05) is 46.3 Å². The Kier molecular flexibility index (Phi) is 6.10. The molecule has 7 heteroatoms. The first-order chi connectivity index (χ1) is 24.3. The van der Waals surface area contributed by atoms with Gasteiger partial charge in [0.15, 0.2) is 0 Å². The zero-order valence-electron chi connectivity index (χ0n) is 27.6. The summed E-state index contributed by atoms with van der Waals surface area (Å²) in [4.78, 5) is 4.98. The van der Waals surface area contributed by atoms with Crippen LogP contribution in [0.3, 0.4) is 0 Å². The van der Waals surface area contributed by atoms with Gasteiger partial charge in [-0.15, -0.1) is 0 Å². The van der Waals surface area contributed by atoms with Crippen LogP contribution in [0.1, 0.15) is 47.9 Å². The highest BCUT2D eigenvalue weighted by atomic mass is 16.5. The van der Waals surface area contributed by atoms with Crippen molar-refractivity contribution in [1.82, 2.24) is 0 Å². The van der Waals surface area contributed by atoms with Crippen LogP contribution < -0.4 is 45.1 Å². The van der Waals surface area contributed by atoms with Crippen LogP contribution >= 0.6 is 0 Å². The molecule has 49 heavy (non-hydrogen) atoms. The van der Waals surface area contributed by atoms with Crippen molar-refractivity contribution < 1.29 is 18.9 Å². The first-order valence-electron chi connectivity index (χ1n) is 18.1. The largest absolute Gasteiger partial charge is 0.493 e. The number of anilines is 6. The zero-order valence-corrected chi connectivity index (χ0v) is 27.6. The smallest absolute Gasteiger partial charge is 0.252 e. The molecule has 0 radical (unpaired) electrons. The average molecular weight is 645 g/mol. The Hall–Kier alpha value is -5.04. The molecule has 242 valence electrons. The maximum Gasteiger partial charge on any atom is 0.252 e. The van der Waals surface area contributed by atoms with Crippen LogP contribution in [0.15, 0.2) is 78.9 Å². The monoisotopic (exact) mass is 644 g/mol. The molecule has 0 bridgehead atoms. The second-order valence-corrected chi connectivity index (χ2v) is 14.2. The Morgan fingerprint density at radius 3 is 1.33 bits per heavy atom. The van der Waals surface area contributed by atoms with Gasteiger partial charge in [-0.2, -0.15) is 0 Å². The van der Waals surface area contributed by atoms with E-state index in [0.717, 1.165) is 112 Å². The molecule has 5 aromatic rings. The van der Waals surface area contributed by atoms with E-state index >= 15 is 0 Å². The molecule has 6 aliphatic heterocycles. The maximum atomic E-state index is 6.34. The zero-order chi connectivity index (χ0) is 32.1. The van der Waals surface area contributed by atoms with Gasteiger partial charge in [-0.25, -0.2) is 0 Å². The highest BCUT2D eigenvalue weighted by molar-refractivity contribution is 7.00. The molecule has 6 heterocycles. The van der Waals surface area contributed by atoms with E-state index in [9.17, 15) is 0 Å². The second-order valence-electron chi connectivity index (χ2n) is 14.2. The van der Waals surface area contributed by atoms with Crippen LogP contribution in [0, 0.1) is 0 Å². The van der Waals surface area contributed by atoms with E-state index in [-0.39, 0.29) is 6.71 Å². The molecule has 0 spiro atoms. The minimum atomic E-state index is 0.0741. The van der Waals surface area contributed by atoms with Gasteiger partial charge in [0.25, 0.3) is 6.71 Å². The third-order valence-electron chi connectivity index (χ3n) is 11.4. The summed E-state index contributed by atoms with van der Waals surface area (Å²) in [5.74, 6) is 4.06. The molecule has 0 unspecified atom stereocenters. The minimum Gasteiger partial charge on any atom is -0.493 e. The van der Waals surface area contributed by atoms with Crippen molar-refractivity contribution in [3.63, 3.8) is 0 Å². The lowest BCUT2D eigenvalue weighted by Gasteiger charge is -2.45. The van der Waals surface area contributed by atoms with Gasteiger partial charge < -0.3 is 28.7 Å². The number of nitrogens with zero attached hydrogens (tertiary/aromatic N) is 2. The highest BCUT2D eigenvalue weighted by Crippen LogP contribution is 2.48. The molecular weight excluding hydrogens is 607 g/mol. The molecule has 0 saturated carbocycles. The predicted molar refractivity (Wildman–Crippen MR) is 196 cm³/mol. The van der Waals surface area contributed by atoms with Crippen molar-refractivity contribution >= 4 is 57.2 Å². The van der Waals surface area contributed by atoms with Gasteiger partial charge in [-0.1, -0.05) is 18.2 Å². The van der Waals surface area contributed by atoms with Crippen molar-refractivity contribution in [2.75, 3.05) is 36.2 Å². The second kappa shape index (κ2) is 10.7. The lowest BCUT2D eigenvalue weighted by Crippen LogP contribution is -2.61. The quantitative estimate of drug-likeness (QED) is 0.188. The molecule has 0 fully saturated rings. The standard InChI is InChI=1S/C42H37BN2O4/c1-10-34-42-35(11-1)45(31-13-15-39-27(21-31)7-3-17-47-39)37-25-41-29(9-5-19-49-41)23-33(37)43(42)32-22-28-8-4-18-48-40(28)24-36(32)44(34)30-12-14-38-26(20-30)6-2-16-46-38/h1,10-15,20-25H,2-9,16-19H2. The maximum absolute atomic E-state index is 6.34. The number of hydrogen-bond acceptors (Lipinski definition) is 6. The number of aryl methyl sites for hydroxylation is 4. The van der Waals surface area contributed by atoms with Crippen molar-refractivity contribution in [3.05, 3.63) is 101 Å². The summed E-state index contributed by atoms with van der Waals surface area (Å²) in [5, 5.41) is 0. The van der Waals surface area contributed by atoms with Crippen LogP contribution in [-0.4, -0.2) is 33.1 Å². The number of ether oxygens (including phenoxy) is 4. The molecule has 0 aliphatic carbocycles. The summed E-state index contributed by atoms with van der Waals surface area (Å²) in [6.07, 6.45) is 8.31. The van der Waals surface area contributed by atoms with E-state index in [1.54, 1.807) is 0 Å². The van der Waals surface area contributed by atoms with Crippen LogP contribution in [0.2, 0.25) is 0 Å². The molecule has 0 saturated heterocycles. The van der Waals surface area contributed by atoms with E-state index in [2.05, 4.69) is 88.7 Å². The van der Waals surface area contributed by atoms with Crippen LogP contribution in [0.25, 0.3) is 0 Å².